The summed E-state index contributed by atoms with van der Waals surface area (Å²) < 4.78 is 0. The first-order valence-electron chi connectivity index (χ1n) is 9.05. The summed E-state index contributed by atoms with van der Waals surface area (Å²) in [6.45, 7) is 1.49. The van der Waals surface area contributed by atoms with Crippen molar-refractivity contribution in [2.24, 2.45) is 5.92 Å². The molecule has 1 aliphatic rings. The summed E-state index contributed by atoms with van der Waals surface area (Å²) in [4.78, 5) is 20.6. The number of carbonyl (C=O) groups is 1. The van der Waals surface area contributed by atoms with Crippen LogP contribution in [-0.4, -0.2) is 21.0 Å². The Hall–Kier alpha value is -2.43. The molecule has 5 nitrogen and oxygen atoms in total. The van der Waals surface area contributed by atoms with Crippen molar-refractivity contribution in [3.8, 4) is 17.0 Å². The van der Waals surface area contributed by atoms with Crippen LogP contribution in [0.4, 0.5) is 5.82 Å². The zero-order valence-corrected chi connectivity index (χ0v) is 14.7. The van der Waals surface area contributed by atoms with Crippen LogP contribution in [0.3, 0.4) is 0 Å². The van der Waals surface area contributed by atoms with Gasteiger partial charge in [-0.05, 0) is 43.0 Å². The Morgan fingerprint density at radius 1 is 1.20 bits per heavy atom. The van der Waals surface area contributed by atoms with Crippen molar-refractivity contribution in [3.63, 3.8) is 0 Å². The van der Waals surface area contributed by atoms with Crippen molar-refractivity contribution >= 4 is 11.7 Å². The first-order valence-corrected chi connectivity index (χ1v) is 9.05. The molecule has 1 aliphatic carbocycles. The summed E-state index contributed by atoms with van der Waals surface area (Å²) in [6.07, 6.45) is 10.1. The molecule has 0 radical (unpaired) electrons. The number of rotatable bonds is 5. The normalized spacial score (nSPS) is 15.1. The molecule has 1 heterocycles. The monoisotopic (exact) mass is 339 g/mol. The number of carbonyl (C=O) groups excluding carboxylic acids is 1. The zero-order chi connectivity index (χ0) is 17.6. The van der Waals surface area contributed by atoms with Gasteiger partial charge in [-0.25, -0.2) is 9.97 Å². The number of aromatic nitrogens is 2. The number of phenols is 1. The van der Waals surface area contributed by atoms with Gasteiger partial charge in [-0.1, -0.05) is 32.1 Å². The van der Waals surface area contributed by atoms with Gasteiger partial charge in [0.25, 0.3) is 0 Å². The minimum Gasteiger partial charge on any atom is -0.508 e. The highest BCUT2D eigenvalue weighted by atomic mass is 16.3. The van der Waals surface area contributed by atoms with E-state index in [1.807, 2.05) is 12.1 Å². The van der Waals surface area contributed by atoms with Gasteiger partial charge in [0.2, 0.25) is 5.91 Å². The largest absolute Gasteiger partial charge is 0.508 e. The van der Waals surface area contributed by atoms with Gasteiger partial charge in [0.15, 0.2) is 5.82 Å². The molecule has 0 saturated heterocycles. The molecular weight excluding hydrogens is 314 g/mol. The number of hydrogen-bond acceptors (Lipinski definition) is 4. The van der Waals surface area contributed by atoms with Gasteiger partial charge >= 0.3 is 0 Å². The smallest absolute Gasteiger partial charge is 0.222 e. The molecule has 25 heavy (non-hydrogen) atoms. The molecule has 1 aromatic heterocycles. The standard InChI is InChI=1S/C20H25N3O2/c1-14(24)22-20-18(12-7-15-5-3-2-4-6-15)23-19(13-21-20)16-8-10-17(25)11-9-16/h8-11,13,15,25H,2-7,12H2,1H3,(H,21,22,24). The molecule has 1 fully saturated rings. The molecule has 3 rings (SSSR count). The lowest BCUT2D eigenvalue weighted by molar-refractivity contribution is -0.114. The van der Waals surface area contributed by atoms with Crippen molar-refractivity contribution in [3.05, 3.63) is 36.2 Å². The van der Waals surface area contributed by atoms with Crippen LogP contribution in [0.2, 0.25) is 0 Å². The lowest BCUT2D eigenvalue weighted by Crippen LogP contribution is -2.13. The molecule has 2 aromatic rings. The Morgan fingerprint density at radius 2 is 1.92 bits per heavy atom. The van der Waals surface area contributed by atoms with E-state index in [0.29, 0.717) is 5.82 Å². The summed E-state index contributed by atoms with van der Waals surface area (Å²) >= 11 is 0. The number of nitrogens with zero attached hydrogens (tertiary/aromatic N) is 2. The maximum Gasteiger partial charge on any atom is 0.222 e. The highest BCUT2D eigenvalue weighted by molar-refractivity contribution is 5.88. The molecule has 0 atom stereocenters. The van der Waals surface area contributed by atoms with Crippen LogP contribution in [-0.2, 0) is 11.2 Å². The van der Waals surface area contributed by atoms with Crippen LogP contribution in [0.1, 0.15) is 51.1 Å². The maximum atomic E-state index is 11.5. The number of phenolic OH excluding ortho intramolecular Hbond substituents is 1. The molecule has 1 saturated carbocycles. The van der Waals surface area contributed by atoms with Gasteiger partial charge in [-0.15, -0.1) is 0 Å². The lowest BCUT2D eigenvalue weighted by Gasteiger charge is -2.21. The van der Waals surface area contributed by atoms with E-state index in [4.69, 9.17) is 4.98 Å². The minimum atomic E-state index is -0.134. The third-order valence-corrected chi connectivity index (χ3v) is 4.82. The van der Waals surface area contributed by atoms with Crippen LogP contribution in [0.25, 0.3) is 11.3 Å². The van der Waals surface area contributed by atoms with E-state index >= 15 is 0 Å². The molecule has 0 aliphatic heterocycles. The maximum absolute atomic E-state index is 11.5. The number of hydrogen-bond donors (Lipinski definition) is 2. The average molecular weight is 339 g/mol. The van der Waals surface area contributed by atoms with Gasteiger partial charge in [-0.2, -0.15) is 0 Å². The van der Waals surface area contributed by atoms with Gasteiger partial charge in [0.05, 0.1) is 17.6 Å². The number of aryl methyl sites for hydroxylation is 1. The number of benzene rings is 1. The predicted molar refractivity (Wildman–Crippen MR) is 98.3 cm³/mol. The van der Waals surface area contributed by atoms with Crippen LogP contribution >= 0.6 is 0 Å². The van der Waals surface area contributed by atoms with E-state index in [0.717, 1.165) is 35.7 Å². The zero-order valence-electron chi connectivity index (χ0n) is 14.7. The van der Waals surface area contributed by atoms with Crippen LogP contribution in [0, 0.1) is 5.92 Å². The topological polar surface area (TPSA) is 75.1 Å². The third kappa shape index (κ3) is 4.78. The summed E-state index contributed by atoms with van der Waals surface area (Å²) in [7, 11) is 0. The summed E-state index contributed by atoms with van der Waals surface area (Å²) in [5.74, 6) is 1.40. The van der Waals surface area contributed by atoms with Crippen molar-refractivity contribution in [2.45, 2.75) is 51.9 Å². The lowest BCUT2D eigenvalue weighted by atomic mass is 9.86. The third-order valence-electron chi connectivity index (χ3n) is 4.82. The molecule has 1 aromatic carbocycles. The van der Waals surface area contributed by atoms with E-state index < -0.39 is 0 Å². The average Bonchev–Trinajstić information content (AvgIpc) is 2.62. The first kappa shape index (κ1) is 17.4. The van der Waals surface area contributed by atoms with Gasteiger partial charge in [0, 0.05) is 12.5 Å². The van der Waals surface area contributed by atoms with E-state index in [-0.39, 0.29) is 11.7 Å². The molecule has 2 N–H and O–H groups in total. The second-order valence-electron chi connectivity index (χ2n) is 6.82. The summed E-state index contributed by atoms with van der Waals surface area (Å²) in [5, 5.41) is 12.2. The molecule has 132 valence electrons. The Balaban J connectivity index is 1.81. The molecular formula is C20H25N3O2. The molecule has 5 heteroatoms. The van der Waals surface area contributed by atoms with E-state index in [2.05, 4.69) is 10.3 Å². The van der Waals surface area contributed by atoms with Crippen LogP contribution in [0.15, 0.2) is 30.5 Å². The minimum absolute atomic E-state index is 0.134. The van der Waals surface area contributed by atoms with E-state index in [9.17, 15) is 9.90 Å². The second-order valence-corrected chi connectivity index (χ2v) is 6.82. The molecule has 0 unspecified atom stereocenters. The Kier molecular flexibility index (Phi) is 5.64. The van der Waals surface area contributed by atoms with Crippen LogP contribution < -0.4 is 5.32 Å². The number of aromatic hydroxyl groups is 1. The number of amides is 1. The second kappa shape index (κ2) is 8.10. The molecule has 0 bridgehead atoms. The first-order chi connectivity index (χ1) is 12.1. The molecule has 0 spiro atoms. The molecule has 1 amide bonds. The van der Waals surface area contributed by atoms with Crippen molar-refractivity contribution in [1.29, 1.82) is 0 Å². The fourth-order valence-corrected chi connectivity index (χ4v) is 3.46. The highest BCUT2D eigenvalue weighted by Gasteiger charge is 2.16. The van der Waals surface area contributed by atoms with Crippen LogP contribution in [0.5, 0.6) is 5.75 Å². The highest BCUT2D eigenvalue weighted by Crippen LogP contribution is 2.29. The Morgan fingerprint density at radius 3 is 2.60 bits per heavy atom. The predicted octanol–water partition coefficient (Wildman–Crippen LogP) is 4.32. The van der Waals surface area contributed by atoms with E-state index in [1.54, 1.807) is 18.3 Å². The SMILES string of the molecule is CC(=O)Nc1ncc(-c2ccc(O)cc2)nc1CCC1CCCCC1. The fraction of sp³-hybridized carbons (Fsp3) is 0.450. The van der Waals surface area contributed by atoms with Crippen molar-refractivity contribution in [2.75, 3.05) is 5.32 Å². The number of anilines is 1. The Labute approximate surface area is 148 Å². The number of nitrogens with one attached hydrogen (secondary N) is 1. The van der Waals surface area contributed by atoms with Gasteiger partial charge < -0.3 is 10.4 Å². The summed E-state index contributed by atoms with van der Waals surface area (Å²) in [5.41, 5.74) is 2.50. The van der Waals surface area contributed by atoms with Gasteiger partial charge in [0.1, 0.15) is 5.75 Å². The van der Waals surface area contributed by atoms with Crippen molar-refractivity contribution in [1.82, 2.24) is 9.97 Å². The van der Waals surface area contributed by atoms with Crippen molar-refractivity contribution < 1.29 is 9.90 Å². The fourth-order valence-electron chi connectivity index (χ4n) is 3.46. The Bertz CT molecular complexity index is 722. The van der Waals surface area contributed by atoms with E-state index in [1.165, 1.54) is 39.0 Å². The van der Waals surface area contributed by atoms with Gasteiger partial charge in [-0.3, -0.25) is 4.79 Å². The summed E-state index contributed by atoms with van der Waals surface area (Å²) in [6, 6.07) is 6.92. The quantitative estimate of drug-likeness (QED) is 0.850.